The van der Waals surface area contributed by atoms with E-state index in [-0.39, 0.29) is 29.8 Å². The second kappa shape index (κ2) is 8.47. The lowest BCUT2D eigenvalue weighted by Gasteiger charge is -2.28. The highest BCUT2D eigenvalue weighted by Crippen LogP contribution is 2.17. The third-order valence-corrected chi connectivity index (χ3v) is 4.72. The van der Waals surface area contributed by atoms with E-state index in [4.69, 9.17) is 5.73 Å². The average molecular weight is 349 g/mol. The third kappa shape index (κ3) is 5.85. The Morgan fingerprint density at radius 2 is 2.04 bits per heavy atom. The maximum Gasteiger partial charge on any atom is 0.256 e. The number of rotatable bonds is 7. The van der Waals surface area contributed by atoms with Gasteiger partial charge in [-0.3, -0.25) is 14.3 Å². The lowest BCUT2D eigenvalue weighted by atomic mass is 9.93. The molecule has 25 heavy (non-hydrogen) atoms. The van der Waals surface area contributed by atoms with Crippen LogP contribution in [-0.4, -0.2) is 52.7 Å². The van der Waals surface area contributed by atoms with Crippen molar-refractivity contribution in [1.29, 1.82) is 0 Å². The van der Waals surface area contributed by atoms with E-state index in [1.165, 1.54) is 30.1 Å². The molecule has 1 aromatic rings. The first-order chi connectivity index (χ1) is 11.8. The first kappa shape index (κ1) is 19.4. The Balaban J connectivity index is 1.88. The summed E-state index contributed by atoms with van der Waals surface area (Å²) in [5.41, 5.74) is 6.08. The summed E-state index contributed by atoms with van der Waals surface area (Å²) in [4.78, 5) is 26.3. The number of nitrogens with two attached hydrogens (primary N) is 1. The monoisotopic (exact) mass is 349 g/mol. The zero-order valence-electron chi connectivity index (χ0n) is 15.6. The topological polar surface area (TPSA) is 93.2 Å². The summed E-state index contributed by atoms with van der Waals surface area (Å²) in [6.45, 7) is 5.26. The molecule has 1 heterocycles. The van der Waals surface area contributed by atoms with Gasteiger partial charge in [0.1, 0.15) is 6.54 Å². The van der Waals surface area contributed by atoms with Crippen molar-refractivity contribution in [3.05, 3.63) is 18.0 Å². The lowest BCUT2D eigenvalue weighted by Crippen LogP contribution is -2.39. The van der Waals surface area contributed by atoms with Gasteiger partial charge in [-0.25, -0.2) is 0 Å². The largest absolute Gasteiger partial charge is 0.352 e. The summed E-state index contributed by atoms with van der Waals surface area (Å²) in [6, 6.07) is 0.280. The third-order valence-electron chi connectivity index (χ3n) is 4.72. The first-order valence-corrected chi connectivity index (χ1v) is 9.08. The van der Waals surface area contributed by atoms with E-state index in [9.17, 15) is 9.59 Å². The molecule has 2 rings (SSSR count). The van der Waals surface area contributed by atoms with Crippen LogP contribution in [0.2, 0.25) is 0 Å². The Bertz CT molecular complexity index is 590. The molecule has 3 N–H and O–H groups in total. The van der Waals surface area contributed by atoms with Crippen molar-refractivity contribution in [1.82, 2.24) is 20.0 Å². The Kier molecular flexibility index (Phi) is 6.58. The van der Waals surface area contributed by atoms with Gasteiger partial charge in [-0.2, -0.15) is 5.10 Å². The molecule has 1 aliphatic rings. The van der Waals surface area contributed by atoms with Crippen LogP contribution in [0.4, 0.5) is 0 Å². The van der Waals surface area contributed by atoms with Crippen LogP contribution in [0.3, 0.4) is 0 Å². The Morgan fingerprint density at radius 1 is 1.36 bits per heavy atom. The number of carbonyl (C=O) groups excluding carboxylic acids is 2. The van der Waals surface area contributed by atoms with Gasteiger partial charge in [-0.15, -0.1) is 0 Å². The van der Waals surface area contributed by atoms with Gasteiger partial charge in [0.15, 0.2) is 0 Å². The standard InChI is InChI=1S/C18H31N5O2/c1-18(2,12-19)13-22(3)17(25)14-9-20-23(10-14)11-16(24)21-15-7-5-4-6-8-15/h9-10,15H,4-8,11-13,19H2,1-3H3,(H,21,24). The van der Waals surface area contributed by atoms with Gasteiger partial charge in [0, 0.05) is 25.8 Å². The Hall–Kier alpha value is -1.89. The van der Waals surface area contributed by atoms with Crippen LogP contribution in [0.1, 0.15) is 56.3 Å². The Morgan fingerprint density at radius 3 is 2.68 bits per heavy atom. The van der Waals surface area contributed by atoms with E-state index < -0.39 is 0 Å². The maximum atomic E-state index is 12.5. The second-order valence-corrected chi connectivity index (χ2v) is 7.86. The minimum absolute atomic E-state index is 0.0494. The zero-order valence-corrected chi connectivity index (χ0v) is 15.6. The van der Waals surface area contributed by atoms with Gasteiger partial charge in [-0.1, -0.05) is 33.1 Å². The quantitative estimate of drug-likeness (QED) is 0.778. The fraction of sp³-hybridized carbons (Fsp3) is 0.722. The van der Waals surface area contributed by atoms with Crippen LogP contribution in [0.25, 0.3) is 0 Å². The second-order valence-electron chi connectivity index (χ2n) is 7.86. The summed E-state index contributed by atoms with van der Waals surface area (Å²) in [7, 11) is 1.76. The highest BCUT2D eigenvalue weighted by molar-refractivity contribution is 5.93. The predicted molar refractivity (Wildman–Crippen MR) is 97.0 cm³/mol. The van der Waals surface area contributed by atoms with Gasteiger partial charge >= 0.3 is 0 Å². The highest BCUT2D eigenvalue weighted by Gasteiger charge is 2.23. The molecule has 0 aromatic carbocycles. The molecule has 1 saturated carbocycles. The smallest absolute Gasteiger partial charge is 0.256 e. The number of nitrogens with zero attached hydrogens (tertiary/aromatic N) is 3. The van der Waals surface area contributed by atoms with Crippen molar-refractivity contribution >= 4 is 11.8 Å². The highest BCUT2D eigenvalue weighted by atomic mass is 16.2. The van der Waals surface area contributed by atoms with Crippen molar-refractivity contribution < 1.29 is 9.59 Å². The van der Waals surface area contributed by atoms with Crippen molar-refractivity contribution in [2.75, 3.05) is 20.1 Å². The molecule has 1 fully saturated rings. The molecular formula is C18H31N5O2. The molecule has 0 unspecified atom stereocenters. The average Bonchev–Trinajstić information content (AvgIpc) is 3.02. The van der Waals surface area contributed by atoms with Gasteiger partial charge in [-0.05, 0) is 24.8 Å². The molecule has 0 saturated heterocycles. The number of aromatic nitrogens is 2. The molecular weight excluding hydrogens is 318 g/mol. The predicted octanol–water partition coefficient (Wildman–Crippen LogP) is 1.39. The van der Waals surface area contributed by atoms with Gasteiger partial charge in [0.05, 0.1) is 11.8 Å². The van der Waals surface area contributed by atoms with Gasteiger partial charge in [0.2, 0.25) is 5.91 Å². The number of carbonyl (C=O) groups is 2. The molecule has 0 bridgehead atoms. The SMILES string of the molecule is CN(CC(C)(C)CN)C(=O)c1cnn(CC(=O)NC2CCCCC2)c1. The molecule has 0 aliphatic heterocycles. The molecule has 2 amide bonds. The lowest BCUT2D eigenvalue weighted by molar-refractivity contribution is -0.122. The molecule has 0 spiro atoms. The van der Waals surface area contributed by atoms with Gasteiger partial charge < -0.3 is 16.0 Å². The van der Waals surface area contributed by atoms with Crippen molar-refractivity contribution in [2.24, 2.45) is 11.1 Å². The van der Waals surface area contributed by atoms with Crippen molar-refractivity contribution in [3.63, 3.8) is 0 Å². The van der Waals surface area contributed by atoms with Gasteiger partial charge in [0.25, 0.3) is 5.91 Å². The maximum absolute atomic E-state index is 12.5. The summed E-state index contributed by atoms with van der Waals surface area (Å²) in [5.74, 6) is -0.160. The first-order valence-electron chi connectivity index (χ1n) is 9.08. The summed E-state index contributed by atoms with van der Waals surface area (Å²) >= 11 is 0. The van der Waals surface area contributed by atoms with Crippen LogP contribution in [0, 0.1) is 5.41 Å². The van der Waals surface area contributed by atoms with Crippen LogP contribution in [0.5, 0.6) is 0 Å². The molecule has 0 atom stereocenters. The van der Waals surface area contributed by atoms with Crippen LogP contribution in [0.15, 0.2) is 12.4 Å². The molecule has 7 nitrogen and oxygen atoms in total. The van der Waals surface area contributed by atoms with Crippen LogP contribution < -0.4 is 11.1 Å². The molecule has 1 aromatic heterocycles. The normalized spacial score (nSPS) is 15.8. The number of amides is 2. The van der Waals surface area contributed by atoms with Crippen molar-refractivity contribution in [3.8, 4) is 0 Å². The minimum atomic E-state index is -0.139. The van der Waals surface area contributed by atoms with E-state index in [0.717, 1.165) is 12.8 Å². The number of hydrogen-bond acceptors (Lipinski definition) is 4. The van der Waals surface area contributed by atoms with Crippen molar-refractivity contribution in [2.45, 2.75) is 58.5 Å². The molecule has 7 heteroatoms. The summed E-state index contributed by atoms with van der Waals surface area (Å²) in [6.07, 6.45) is 8.86. The van der Waals surface area contributed by atoms with E-state index in [0.29, 0.717) is 18.7 Å². The number of hydrogen-bond donors (Lipinski definition) is 2. The molecule has 1 aliphatic carbocycles. The van der Waals surface area contributed by atoms with Crippen LogP contribution >= 0.6 is 0 Å². The molecule has 140 valence electrons. The summed E-state index contributed by atoms with van der Waals surface area (Å²) in [5, 5.41) is 7.21. The van der Waals surface area contributed by atoms with E-state index >= 15 is 0 Å². The number of nitrogens with one attached hydrogen (secondary N) is 1. The van der Waals surface area contributed by atoms with Crippen LogP contribution in [-0.2, 0) is 11.3 Å². The minimum Gasteiger partial charge on any atom is -0.352 e. The van der Waals surface area contributed by atoms with E-state index in [2.05, 4.69) is 10.4 Å². The van der Waals surface area contributed by atoms with E-state index in [1.807, 2.05) is 13.8 Å². The molecule has 0 radical (unpaired) electrons. The fourth-order valence-corrected chi connectivity index (χ4v) is 3.23. The Labute approximate surface area is 149 Å². The zero-order chi connectivity index (χ0) is 18.4. The van der Waals surface area contributed by atoms with E-state index in [1.54, 1.807) is 18.1 Å². The summed E-state index contributed by atoms with van der Waals surface area (Å²) < 4.78 is 1.52. The fourth-order valence-electron chi connectivity index (χ4n) is 3.23.